The quantitative estimate of drug-likeness (QED) is 0.805. The highest BCUT2D eigenvalue weighted by Crippen LogP contribution is 2.21. The van der Waals surface area contributed by atoms with Crippen LogP contribution in [0.1, 0.15) is 61.0 Å². The molecule has 1 fully saturated rings. The summed E-state index contributed by atoms with van der Waals surface area (Å²) in [5, 5.41) is 0. The van der Waals surface area contributed by atoms with Gasteiger partial charge in [0.15, 0.2) is 0 Å². The summed E-state index contributed by atoms with van der Waals surface area (Å²) in [6.07, 6.45) is 1.29. The Balaban J connectivity index is 2.15. The zero-order chi connectivity index (χ0) is 18.6. The molecule has 0 atom stereocenters. The maximum Gasteiger partial charge on any atom is 0.254 e. The predicted octanol–water partition coefficient (Wildman–Crippen LogP) is 3.01. The van der Waals surface area contributed by atoms with Crippen molar-refractivity contribution in [2.45, 2.75) is 46.5 Å². The van der Waals surface area contributed by atoms with Crippen LogP contribution in [0, 0.1) is 6.92 Å². The zero-order valence-electron chi connectivity index (χ0n) is 15.8. The van der Waals surface area contributed by atoms with E-state index in [1.165, 1.54) is 0 Å². The van der Waals surface area contributed by atoms with Crippen molar-refractivity contribution >= 4 is 15.9 Å². The van der Waals surface area contributed by atoms with Crippen LogP contribution in [-0.4, -0.2) is 55.5 Å². The first-order valence-electron chi connectivity index (χ1n) is 9.14. The first-order chi connectivity index (χ1) is 11.8. The minimum absolute atomic E-state index is 0.00902. The van der Waals surface area contributed by atoms with Crippen LogP contribution in [0.2, 0.25) is 0 Å². The maximum atomic E-state index is 13.0. The summed E-state index contributed by atoms with van der Waals surface area (Å²) in [6, 6.07) is 6.05. The van der Waals surface area contributed by atoms with Crippen LogP contribution >= 0.6 is 0 Å². The summed E-state index contributed by atoms with van der Waals surface area (Å²) in [6.45, 7) is 9.98. The van der Waals surface area contributed by atoms with Gasteiger partial charge >= 0.3 is 0 Å². The Morgan fingerprint density at radius 1 is 1.16 bits per heavy atom. The minimum Gasteiger partial charge on any atom is -0.337 e. The van der Waals surface area contributed by atoms with Crippen LogP contribution in [0.4, 0.5) is 0 Å². The van der Waals surface area contributed by atoms with Crippen molar-refractivity contribution in [3.05, 3.63) is 34.9 Å². The van der Waals surface area contributed by atoms with Crippen molar-refractivity contribution in [1.29, 1.82) is 0 Å². The van der Waals surface area contributed by atoms with Crippen LogP contribution < -0.4 is 0 Å². The molecule has 2 rings (SSSR count). The van der Waals surface area contributed by atoms with Crippen LogP contribution in [0.5, 0.6) is 0 Å². The standard InChI is InChI=1S/C19H30N2O3S/c1-5-13-25(23,24)21-10-6-9-20(11-12-21)19(22)18-14-17(15(2)3)8-7-16(18)4/h7-8,14-15H,5-6,9-13H2,1-4H3. The molecule has 0 unspecified atom stereocenters. The van der Waals surface area contributed by atoms with E-state index in [1.807, 2.05) is 26.0 Å². The van der Waals surface area contributed by atoms with E-state index in [9.17, 15) is 13.2 Å². The number of benzene rings is 1. The van der Waals surface area contributed by atoms with Gasteiger partial charge in [-0.25, -0.2) is 12.7 Å². The molecule has 25 heavy (non-hydrogen) atoms. The van der Waals surface area contributed by atoms with Crippen molar-refractivity contribution < 1.29 is 13.2 Å². The smallest absolute Gasteiger partial charge is 0.254 e. The Morgan fingerprint density at radius 2 is 1.88 bits per heavy atom. The van der Waals surface area contributed by atoms with Gasteiger partial charge in [0, 0.05) is 31.7 Å². The number of hydrogen-bond donors (Lipinski definition) is 0. The van der Waals surface area contributed by atoms with E-state index in [0.717, 1.165) is 16.7 Å². The molecule has 1 aromatic carbocycles. The highest BCUT2D eigenvalue weighted by atomic mass is 32.2. The Bertz CT molecular complexity index is 713. The van der Waals surface area contributed by atoms with Gasteiger partial charge < -0.3 is 4.90 Å². The maximum absolute atomic E-state index is 13.0. The molecule has 1 aliphatic heterocycles. The van der Waals surface area contributed by atoms with Gasteiger partial charge in [0.1, 0.15) is 0 Å². The fourth-order valence-electron chi connectivity index (χ4n) is 3.16. The van der Waals surface area contributed by atoms with Gasteiger partial charge in [-0.2, -0.15) is 0 Å². The van der Waals surface area contributed by atoms with Gasteiger partial charge in [0.25, 0.3) is 5.91 Å². The summed E-state index contributed by atoms with van der Waals surface area (Å²) >= 11 is 0. The molecule has 1 aromatic rings. The second-order valence-electron chi connectivity index (χ2n) is 7.09. The normalized spacial score (nSPS) is 16.9. The third kappa shape index (κ3) is 4.82. The second-order valence-corrected chi connectivity index (χ2v) is 9.18. The number of nitrogens with zero attached hydrogens (tertiary/aromatic N) is 2. The molecule has 0 radical (unpaired) electrons. The molecule has 1 saturated heterocycles. The lowest BCUT2D eigenvalue weighted by atomic mass is 9.97. The number of carbonyl (C=O) groups excluding carboxylic acids is 1. The van der Waals surface area contributed by atoms with E-state index in [1.54, 1.807) is 9.21 Å². The summed E-state index contributed by atoms with van der Waals surface area (Å²) in [4.78, 5) is 14.8. The Kier molecular flexibility index (Phi) is 6.63. The van der Waals surface area contributed by atoms with Gasteiger partial charge in [-0.1, -0.05) is 32.9 Å². The summed E-state index contributed by atoms with van der Waals surface area (Å²) in [5.74, 6) is 0.553. The van der Waals surface area contributed by atoms with Crippen LogP contribution in [0.3, 0.4) is 0 Å². The number of hydrogen-bond acceptors (Lipinski definition) is 3. The molecular formula is C19H30N2O3S. The van der Waals surface area contributed by atoms with E-state index < -0.39 is 10.0 Å². The predicted molar refractivity (Wildman–Crippen MR) is 101 cm³/mol. The highest BCUT2D eigenvalue weighted by molar-refractivity contribution is 7.89. The fraction of sp³-hybridized carbons (Fsp3) is 0.632. The number of rotatable bonds is 5. The summed E-state index contributed by atoms with van der Waals surface area (Å²) < 4.78 is 26.1. The van der Waals surface area contributed by atoms with Crippen molar-refractivity contribution in [2.24, 2.45) is 0 Å². The molecule has 6 heteroatoms. The zero-order valence-corrected chi connectivity index (χ0v) is 16.6. The van der Waals surface area contributed by atoms with Crippen LogP contribution in [-0.2, 0) is 10.0 Å². The molecular weight excluding hydrogens is 336 g/mol. The van der Waals surface area contributed by atoms with Crippen molar-refractivity contribution in [3.63, 3.8) is 0 Å². The van der Waals surface area contributed by atoms with E-state index in [2.05, 4.69) is 19.9 Å². The van der Waals surface area contributed by atoms with Gasteiger partial charge in [0.2, 0.25) is 10.0 Å². The monoisotopic (exact) mass is 366 g/mol. The molecule has 0 aliphatic carbocycles. The van der Waals surface area contributed by atoms with Gasteiger partial charge in [-0.15, -0.1) is 0 Å². The summed E-state index contributed by atoms with van der Waals surface area (Å²) in [7, 11) is -3.20. The third-order valence-electron chi connectivity index (χ3n) is 4.76. The third-order valence-corrected chi connectivity index (χ3v) is 6.83. The van der Waals surface area contributed by atoms with Gasteiger partial charge in [0.05, 0.1) is 5.75 Å². The van der Waals surface area contributed by atoms with Crippen LogP contribution in [0.15, 0.2) is 18.2 Å². The Morgan fingerprint density at radius 3 is 2.52 bits per heavy atom. The first kappa shape index (κ1) is 19.9. The molecule has 0 N–H and O–H groups in total. The Labute approximate surface area is 152 Å². The lowest BCUT2D eigenvalue weighted by molar-refractivity contribution is 0.0763. The average Bonchev–Trinajstić information content (AvgIpc) is 2.81. The topological polar surface area (TPSA) is 57.7 Å². The number of aryl methyl sites for hydroxylation is 1. The largest absolute Gasteiger partial charge is 0.337 e. The SMILES string of the molecule is CCCS(=O)(=O)N1CCCN(C(=O)c2cc(C(C)C)ccc2C)CC1. The molecule has 0 aromatic heterocycles. The van der Waals surface area contributed by atoms with E-state index >= 15 is 0 Å². The molecule has 0 spiro atoms. The van der Waals surface area contributed by atoms with Crippen molar-refractivity contribution in [3.8, 4) is 0 Å². The lowest BCUT2D eigenvalue weighted by Gasteiger charge is -2.23. The highest BCUT2D eigenvalue weighted by Gasteiger charge is 2.27. The number of carbonyl (C=O) groups is 1. The van der Waals surface area contributed by atoms with E-state index in [0.29, 0.717) is 44.9 Å². The average molecular weight is 367 g/mol. The molecule has 0 bridgehead atoms. The first-order valence-corrected chi connectivity index (χ1v) is 10.7. The van der Waals surface area contributed by atoms with Crippen molar-refractivity contribution in [2.75, 3.05) is 31.9 Å². The number of sulfonamides is 1. The molecule has 1 amide bonds. The van der Waals surface area contributed by atoms with E-state index in [4.69, 9.17) is 0 Å². The lowest BCUT2D eigenvalue weighted by Crippen LogP contribution is -2.38. The summed E-state index contributed by atoms with van der Waals surface area (Å²) in [5.41, 5.74) is 2.85. The van der Waals surface area contributed by atoms with Gasteiger partial charge in [-0.3, -0.25) is 4.79 Å². The van der Waals surface area contributed by atoms with Gasteiger partial charge in [-0.05, 0) is 42.9 Å². The molecule has 1 heterocycles. The van der Waals surface area contributed by atoms with Crippen LogP contribution in [0.25, 0.3) is 0 Å². The molecule has 1 aliphatic rings. The second kappa shape index (κ2) is 8.32. The van der Waals surface area contributed by atoms with Crippen molar-refractivity contribution in [1.82, 2.24) is 9.21 Å². The molecule has 5 nitrogen and oxygen atoms in total. The molecule has 140 valence electrons. The fourth-order valence-corrected chi connectivity index (χ4v) is 4.70. The Hall–Kier alpha value is -1.40. The molecule has 0 saturated carbocycles. The number of amides is 1. The van der Waals surface area contributed by atoms with E-state index in [-0.39, 0.29) is 11.7 Å². The minimum atomic E-state index is -3.20.